The van der Waals surface area contributed by atoms with Crippen LogP contribution < -0.4 is 0 Å². The van der Waals surface area contributed by atoms with E-state index in [0.717, 1.165) is 85.9 Å². The van der Waals surface area contributed by atoms with Crippen molar-refractivity contribution in [3.8, 4) is 35.0 Å². The Kier molecular flexibility index (Phi) is 29.2. The minimum absolute atomic E-state index is 0. The van der Waals surface area contributed by atoms with Crippen LogP contribution in [0.1, 0.15) is 169 Å². The number of imidazole rings is 2. The number of aryl methyl sites for hydroxylation is 4. The van der Waals surface area contributed by atoms with E-state index in [9.17, 15) is 0 Å². The molecule has 10 heterocycles. The first-order valence-electron chi connectivity index (χ1n) is 31.2. The van der Waals surface area contributed by atoms with Crippen molar-refractivity contribution in [2.45, 2.75) is 172 Å². The van der Waals surface area contributed by atoms with Gasteiger partial charge in [-0.15, -0.1) is 18.2 Å². The van der Waals surface area contributed by atoms with Crippen LogP contribution in [-0.4, -0.2) is 88.8 Å². The number of hydrogen-bond acceptors (Lipinski definition) is 12. The van der Waals surface area contributed by atoms with E-state index in [4.69, 9.17) is 14.5 Å². The molecule has 0 saturated heterocycles. The topological polar surface area (TPSA) is 189 Å². The number of aromatic nitrogens is 17. The normalized spacial score (nSPS) is 12.4. The Morgan fingerprint density at radius 2 is 1.02 bits per heavy atom. The molecule has 0 fully saturated rings. The van der Waals surface area contributed by atoms with Crippen LogP contribution in [0.5, 0.6) is 0 Å². The third kappa shape index (κ3) is 21.0. The number of nitrogens with zero attached hydrogens (tertiary/aromatic N) is 18. The molecular formula is C74H87Ir5N18O-5. The second-order valence-corrected chi connectivity index (χ2v) is 28.8. The van der Waals surface area contributed by atoms with Crippen molar-refractivity contribution >= 4 is 16.9 Å². The average molecular weight is 2210 g/mol. The first kappa shape index (κ1) is 83.8. The molecule has 24 heteroatoms. The zero-order valence-electron chi connectivity index (χ0n) is 59.5. The van der Waals surface area contributed by atoms with E-state index in [1.54, 1.807) is 18.7 Å². The number of para-hydroxylation sites is 4. The zero-order valence-corrected chi connectivity index (χ0v) is 71.5. The zero-order chi connectivity index (χ0) is 67.4. The number of benzene rings is 3. The number of aliphatic imine (C=N–C) groups is 1. The molecule has 12 aromatic rings. The van der Waals surface area contributed by atoms with Gasteiger partial charge in [-0.2, -0.15) is 0 Å². The summed E-state index contributed by atoms with van der Waals surface area (Å²) < 4.78 is 17.9. The predicted octanol–water partition coefficient (Wildman–Crippen LogP) is 15.2. The largest absolute Gasteiger partial charge is 0.485 e. The van der Waals surface area contributed by atoms with Crippen LogP contribution >= 0.6 is 0 Å². The number of fused-ring (bicyclic) bond motifs is 1. The molecule has 0 saturated carbocycles. The van der Waals surface area contributed by atoms with Crippen molar-refractivity contribution in [3.63, 3.8) is 0 Å². The smallest absolute Gasteiger partial charge is 0.217 e. The Hall–Kier alpha value is -6.66. The van der Waals surface area contributed by atoms with E-state index in [-0.39, 0.29) is 133 Å². The fraction of sp³-hybridized carbons (Fsp3) is 0.365. The molecule has 1 aliphatic rings. The second-order valence-electron chi connectivity index (χ2n) is 28.8. The van der Waals surface area contributed by atoms with Gasteiger partial charge in [-0.3, -0.25) is 34.9 Å². The second kappa shape index (κ2) is 34.1. The molecule has 0 unspecified atom stereocenters. The van der Waals surface area contributed by atoms with Gasteiger partial charge in [-0.1, -0.05) is 220 Å². The maximum atomic E-state index is 5.48. The van der Waals surface area contributed by atoms with Gasteiger partial charge in [0.15, 0.2) is 0 Å². The van der Waals surface area contributed by atoms with E-state index in [1.807, 2.05) is 139 Å². The molecule has 98 heavy (non-hydrogen) atoms. The van der Waals surface area contributed by atoms with E-state index in [0.29, 0.717) is 6.01 Å². The van der Waals surface area contributed by atoms with Crippen LogP contribution in [0.15, 0.2) is 156 Å². The molecule has 0 N–H and O–H groups in total. The summed E-state index contributed by atoms with van der Waals surface area (Å²) >= 11 is 0. The molecule has 1 aliphatic heterocycles. The molecule has 0 atom stereocenters. The Morgan fingerprint density at radius 3 is 1.52 bits per heavy atom. The molecule has 9 aromatic heterocycles. The van der Waals surface area contributed by atoms with Gasteiger partial charge in [0.05, 0.1) is 39.9 Å². The van der Waals surface area contributed by atoms with Crippen molar-refractivity contribution in [1.29, 1.82) is 0 Å². The maximum absolute atomic E-state index is 5.48. The fourth-order valence-corrected chi connectivity index (χ4v) is 8.98. The molecule has 0 aliphatic carbocycles. The molecule has 529 valence electrons. The quantitative estimate of drug-likeness (QED) is 0.144. The Morgan fingerprint density at radius 1 is 0.490 bits per heavy atom. The summed E-state index contributed by atoms with van der Waals surface area (Å²) in [4.78, 5) is 26.3. The van der Waals surface area contributed by atoms with E-state index < -0.39 is 0 Å². The van der Waals surface area contributed by atoms with Gasteiger partial charge >= 0.3 is 0 Å². The summed E-state index contributed by atoms with van der Waals surface area (Å²) in [7, 11) is 0. The monoisotopic (exact) mass is 2210 g/mol. The van der Waals surface area contributed by atoms with Gasteiger partial charge in [-0.25, -0.2) is 10.2 Å². The number of rotatable bonds is 6. The maximum Gasteiger partial charge on any atom is 0.217 e. The summed E-state index contributed by atoms with van der Waals surface area (Å²) in [6, 6.07) is 38.6. The van der Waals surface area contributed by atoms with E-state index in [2.05, 4.69) is 243 Å². The Bertz CT molecular complexity index is 4500. The van der Waals surface area contributed by atoms with Gasteiger partial charge in [-0.05, 0) is 119 Å². The first-order valence-corrected chi connectivity index (χ1v) is 31.2. The van der Waals surface area contributed by atoms with Gasteiger partial charge in [0.1, 0.15) is 11.7 Å². The summed E-state index contributed by atoms with van der Waals surface area (Å²) in [5.41, 5.74) is 11.3. The number of oxazole rings is 1. The molecule has 13 rings (SSSR count). The van der Waals surface area contributed by atoms with Gasteiger partial charge < -0.3 is 47.2 Å². The van der Waals surface area contributed by atoms with Crippen LogP contribution in [0.3, 0.4) is 0 Å². The number of hydrogen-bond donors (Lipinski definition) is 0. The number of allylic oxidation sites excluding steroid dienone is 1. The standard InChI is InChI=1S/C20H19N4.C16H17N4.C14H18N3.C12H17N4.C12H16N3O.5Ir/c1-20(2,3)18-13-14-23(22-18)19-21-16-11-7-8-12-17(16)24(19)15-9-5-4-6-10-15;1-16(2,3)14-9-11-20(17-14)15-10-12-19(18-15)13-7-5-4-6-8-13;1-10-6-13(15-7-11(10)2)17-8-12(16-9-17)14(3,4)5;1-11(2,3)9-14-8-16(15-9)10-12(4,5)6-7-13-10;1-8-9(2)16-11(13-8)15-7-6-10(14-15)12(3,4)5;;;;;/h4-13H,1-3H3;4-10,12H,1-3H3;6-8H,1-5H3;6-7H,1-5H3;6H,1-5H3;;;;;/q5*-1;;;;;. The summed E-state index contributed by atoms with van der Waals surface area (Å²) in [6.07, 6.45) is 24.9. The van der Waals surface area contributed by atoms with Crippen molar-refractivity contribution in [1.82, 2.24) is 83.0 Å². The van der Waals surface area contributed by atoms with E-state index in [1.165, 1.54) is 11.1 Å². The molecule has 0 spiro atoms. The van der Waals surface area contributed by atoms with Crippen LogP contribution in [-0.2, 0) is 128 Å². The number of pyridine rings is 1. The third-order valence-corrected chi connectivity index (χ3v) is 15.1. The van der Waals surface area contributed by atoms with Gasteiger partial charge in [0, 0.05) is 143 Å². The summed E-state index contributed by atoms with van der Waals surface area (Å²) in [5.74, 6) is 4.86. The fourth-order valence-electron chi connectivity index (χ4n) is 8.98. The van der Waals surface area contributed by atoms with Crippen LogP contribution in [0.2, 0.25) is 0 Å². The third-order valence-electron chi connectivity index (χ3n) is 15.1. The van der Waals surface area contributed by atoms with Crippen molar-refractivity contribution in [2.75, 3.05) is 0 Å². The van der Waals surface area contributed by atoms with Crippen molar-refractivity contribution in [3.05, 3.63) is 229 Å². The minimum Gasteiger partial charge on any atom is -0.485 e. The van der Waals surface area contributed by atoms with Gasteiger partial charge in [0.2, 0.25) is 6.01 Å². The first-order chi connectivity index (χ1) is 43.6. The molecule has 19 nitrogen and oxygen atoms in total. The summed E-state index contributed by atoms with van der Waals surface area (Å²) in [5, 5.41) is 22.6. The van der Waals surface area contributed by atoms with E-state index >= 15 is 0 Å². The molecular weight excluding hydrogens is 2120 g/mol. The predicted molar refractivity (Wildman–Crippen MR) is 366 cm³/mol. The average Bonchev–Trinajstić information content (AvgIpc) is 1.85. The van der Waals surface area contributed by atoms with Crippen LogP contribution in [0, 0.1) is 64.4 Å². The molecule has 3 aromatic carbocycles. The summed E-state index contributed by atoms with van der Waals surface area (Å²) in [6.45, 7) is 44.0. The molecule has 5 radical (unpaired) electrons. The minimum atomic E-state index is -0.0979. The molecule has 0 amide bonds. The Balaban J connectivity index is 0.000000259. The van der Waals surface area contributed by atoms with Crippen LogP contribution in [0.4, 0.5) is 0 Å². The van der Waals surface area contributed by atoms with Crippen LogP contribution in [0.25, 0.3) is 46.0 Å². The van der Waals surface area contributed by atoms with Gasteiger partial charge in [0.25, 0.3) is 0 Å². The van der Waals surface area contributed by atoms with Crippen molar-refractivity contribution < 1.29 is 105 Å². The molecule has 0 bridgehead atoms. The Labute approximate surface area is 645 Å². The van der Waals surface area contributed by atoms with Crippen molar-refractivity contribution in [2.24, 2.45) is 10.4 Å². The SMILES string of the molecule is CC(C)(C)c1c[c-]n(-c2ccn(-c3ccccc3)n2)n1.CC(C)(C)c1c[c-]n(-c2nc3ccccc3n2-c2ccccc2)n1.CC1(C)C=CN=C1n1[c-]nc(C(C)(C)C)n1.Cc1cnc(-n2[c-]nc(C(C)(C)C)c2)cc1C.Cc1nc(-n2[c-]cc(C(C)(C)C)n2)oc1C.[Ir].[Ir].[Ir].[Ir].[Ir].